The molecule has 0 aliphatic rings. The van der Waals surface area contributed by atoms with E-state index in [0.29, 0.717) is 22.4 Å². The van der Waals surface area contributed by atoms with E-state index >= 15 is 0 Å². The number of hydrogen-bond donors (Lipinski definition) is 2. The summed E-state index contributed by atoms with van der Waals surface area (Å²) in [4.78, 5) is 27.1. The Balaban J connectivity index is 1.45. The topological polar surface area (TPSA) is 110 Å². The van der Waals surface area contributed by atoms with E-state index in [-0.39, 0.29) is 22.3 Å². The van der Waals surface area contributed by atoms with Crippen molar-refractivity contribution < 1.29 is 29.0 Å². The number of aromatic carboxylic acids is 1. The molecule has 4 aromatic rings. The monoisotopic (exact) mass is 447 g/mol. The Morgan fingerprint density at radius 3 is 2.50 bits per heavy atom. The van der Waals surface area contributed by atoms with E-state index in [9.17, 15) is 14.7 Å². The van der Waals surface area contributed by atoms with E-state index in [2.05, 4.69) is 4.98 Å². The summed E-state index contributed by atoms with van der Waals surface area (Å²) in [6, 6.07) is 20.7. The predicted octanol–water partition coefficient (Wildman–Crippen LogP) is 5.32. The predicted molar refractivity (Wildman–Crippen MR) is 120 cm³/mol. The lowest BCUT2D eigenvalue weighted by Gasteiger charge is -2.07. The number of aromatic nitrogens is 1. The first kappa shape index (κ1) is 21.2. The number of ether oxygens (including phenoxy) is 1. The molecule has 3 aromatic carbocycles. The van der Waals surface area contributed by atoms with Gasteiger partial charge in [-0.15, -0.1) is 0 Å². The van der Waals surface area contributed by atoms with Crippen molar-refractivity contribution >= 4 is 40.9 Å². The molecule has 0 bridgehead atoms. The van der Waals surface area contributed by atoms with Crippen LogP contribution in [-0.2, 0) is 11.4 Å². The molecule has 1 heterocycles. The molecule has 0 atom stereocenters. The Morgan fingerprint density at radius 2 is 1.78 bits per heavy atom. The maximum absolute atomic E-state index is 11.7. The molecule has 0 amide bonds. The van der Waals surface area contributed by atoms with E-state index in [0.717, 1.165) is 17.3 Å². The van der Waals surface area contributed by atoms with Gasteiger partial charge in [-0.2, -0.15) is 0 Å². The van der Waals surface area contributed by atoms with Crippen LogP contribution in [0.5, 0.6) is 5.75 Å². The van der Waals surface area contributed by atoms with Gasteiger partial charge in [0, 0.05) is 0 Å². The van der Waals surface area contributed by atoms with Gasteiger partial charge in [0.1, 0.15) is 22.8 Å². The van der Waals surface area contributed by atoms with E-state index in [1.54, 1.807) is 54.6 Å². The van der Waals surface area contributed by atoms with Crippen LogP contribution in [-0.4, -0.2) is 27.1 Å². The lowest BCUT2D eigenvalue weighted by atomic mass is 10.1. The van der Waals surface area contributed by atoms with Crippen molar-refractivity contribution in [3.63, 3.8) is 0 Å². The normalized spacial score (nSPS) is 11.4. The highest BCUT2D eigenvalue weighted by molar-refractivity contribution is 8.03. The van der Waals surface area contributed by atoms with Crippen LogP contribution in [0.2, 0.25) is 0 Å². The standard InChI is InChI=1S/C24H17NO6S/c26-22(27)17-5-3-4-16(12-17)14-30-18-10-8-15(9-11-18)13-21(23(28)29)32-24-25-19-6-1-2-7-20(19)31-24/h1-13H,14H2,(H,26,27)(H,28,29)/b21-13-. The number of para-hydroxylation sites is 2. The summed E-state index contributed by atoms with van der Waals surface area (Å²) in [7, 11) is 0. The van der Waals surface area contributed by atoms with Crippen LogP contribution in [0.1, 0.15) is 21.5 Å². The van der Waals surface area contributed by atoms with Crippen molar-refractivity contribution in [3.05, 3.63) is 94.4 Å². The number of carbonyl (C=O) groups is 2. The minimum absolute atomic E-state index is 0.0655. The molecule has 160 valence electrons. The third-order valence-electron chi connectivity index (χ3n) is 4.44. The molecule has 0 unspecified atom stereocenters. The maximum Gasteiger partial charge on any atom is 0.342 e. The molecule has 0 radical (unpaired) electrons. The van der Waals surface area contributed by atoms with Crippen LogP contribution in [0.15, 0.2) is 87.3 Å². The van der Waals surface area contributed by atoms with Crippen LogP contribution >= 0.6 is 11.8 Å². The van der Waals surface area contributed by atoms with E-state index in [4.69, 9.17) is 14.3 Å². The summed E-state index contributed by atoms with van der Waals surface area (Å²) in [6.45, 7) is 0.213. The second-order valence-corrected chi connectivity index (χ2v) is 7.72. The van der Waals surface area contributed by atoms with Gasteiger partial charge in [-0.1, -0.05) is 36.4 Å². The van der Waals surface area contributed by atoms with Crippen LogP contribution in [0, 0.1) is 0 Å². The lowest BCUT2D eigenvalue weighted by molar-refractivity contribution is -0.131. The van der Waals surface area contributed by atoms with Crippen molar-refractivity contribution in [1.82, 2.24) is 4.98 Å². The number of thioether (sulfide) groups is 1. The van der Waals surface area contributed by atoms with Crippen LogP contribution in [0.4, 0.5) is 0 Å². The van der Waals surface area contributed by atoms with Crippen LogP contribution in [0.25, 0.3) is 17.2 Å². The highest BCUT2D eigenvalue weighted by Crippen LogP contribution is 2.31. The summed E-state index contributed by atoms with van der Waals surface area (Å²) in [5.41, 5.74) is 2.86. The van der Waals surface area contributed by atoms with E-state index in [1.165, 1.54) is 12.1 Å². The molecule has 2 N–H and O–H groups in total. The van der Waals surface area contributed by atoms with Gasteiger partial charge in [-0.3, -0.25) is 0 Å². The number of carboxylic acids is 2. The Hall–Kier alpha value is -4.04. The van der Waals surface area contributed by atoms with Gasteiger partial charge in [0.15, 0.2) is 5.58 Å². The van der Waals surface area contributed by atoms with E-state index in [1.807, 2.05) is 12.1 Å². The summed E-state index contributed by atoms with van der Waals surface area (Å²) in [5.74, 6) is -1.50. The average molecular weight is 447 g/mol. The number of fused-ring (bicyclic) bond motifs is 1. The Labute approximate surface area is 187 Å². The van der Waals surface area contributed by atoms with Gasteiger partial charge in [0.05, 0.1) is 5.56 Å². The zero-order valence-corrected chi connectivity index (χ0v) is 17.4. The minimum Gasteiger partial charge on any atom is -0.489 e. The van der Waals surface area contributed by atoms with Gasteiger partial charge < -0.3 is 19.4 Å². The van der Waals surface area contributed by atoms with E-state index < -0.39 is 11.9 Å². The summed E-state index contributed by atoms with van der Waals surface area (Å²) >= 11 is 0.937. The summed E-state index contributed by atoms with van der Waals surface area (Å²) in [6.07, 6.45) is 1.53. The number of hydrogen-bond acceptors (Lipinski definition) is 6. The van der Waals surface area contributed by atoms with Crippen molar-refractivity contribution in [2.45, 2.75) is 11.8 Å². The molecule has 0 saturated carbocycles. The molecule has 1 aromatic heterocycles. The van der Waals surface area contributed by atoms with Gasteiger partial charge >= 0.3 is 11.9 Å². The summed E-state index contributed by atoms with van der Waals surface area (Å²) in [5, 5.41) is 18.9. The first-order chi connectivity index (χ1) is 15.5. The third-order valence-corrected chi connectivity index (χ3v) is 5.30. The number of carboxylic acid groups (broad SMARTS) is 2. The molecular weight excluding hydrogens is 430 g/mol. The fourth-order valence-corrected chi connectivity index (χ4v) is 3.64. The molecule has 0 spiro atoms. The van der Waals surface area contributed by atoms with Crippen LogP contribution in [0.3, 0.4) is 0 Å². The number of aliphatic carboxylic acids is 1. The van der Waals surface area contributed by atoms with Crippen molar-refractivity contribution in [2.75, 3.05) is 0 Å². The lowest BCUT2D eigenvalue weighted by Crippen LogP contribution is -2.00. The first-order valence-electron chi connectivity index (χ1n) is 9.51. The minimum atomic E-state index is -1.09. The average Bonchev–Trinajstić information content (AvgIpc) is 3.21. The molecule has 0 aliphatic carbocycles. The number of rotatable bonds is 8. The molecule has 32 heavy (non-hydrogen) atoms. The second kappa shape index (κ2) is 9.40. The fourth-order valence-electron chi connectivity index (χ4n) is 2.90. The Bertz CT molecular complexity index is 1280. The first-order valence-corrected chi connectivity index (χ1v) is 10.3. The quantitative estimate of drug-likeness (QED) is 0.276. The summed E-state index contributed by atoms with van der Waals surface area (Å²) < 4.78 is 11.3. The zero-order chi connectivity index (χ0) is 22.5. The maximum atomic E-state index is 11.7. The third kappa shape index (κ3) is 5.16. The molecule has 4 rings (SSSR count). The highest BCUT2D eigenvalue weighted by atomic mass is 32.2. The van der Waals surface area contributed by atoms with Crippen molar-refractivity contribution in [1.29, 1.82) is 0 Å². The molecule has 0 saturated heterocycles. The zero-order valence-electron chi connectivity index (χ0n) is 16.6. The van der Waals surface area contributed by atoms with Crippen LogP contribution < -0.4 is 4.74 Å². The van der Waals surface area contributed by atoms with Crippen molar-refractivity contribution in [2.24, 2.45) is 0 Å². The molecule has 0 aliphatic heterocycles. The second-order valence-electron chi connectivity index (χ2n) is 6.73. The molecular formula is C24H17NO6S. The molecule has 0 fully saturated rings. The van der Waals surface area contributed by atoms with Gasteiger partial charge in [-0.05, 0) is 65.4 Å². The highest BCUT2D eigenvalue weighted by Gasteiger charge is 2.15. The molecule has 7 nitrogen and oxygen atoms in total. The number of oxazole rings is 1. The fraction of sp³-hybridized carbons (Fsp3) is 0.0417. The Kier molecular flexibility index (Phi) is 6.23. The smallest absolute Gasteiger partial charge is 0.342 e. The Morgan fingerprint density at radius 1 is 1.00 bits per heavy atom. The number of nitrogens with zero attached hydrogens (tertiary/aromatic N) is 1. The number of benzene rings is 3. The largest absolute Gasteiger partial charge is 0.489 e. The van der Waals surface area contributed by atoms with Gasteiger partial charge in [0.2, 0.25) is 0 Å². The van der Waals surface area contributed by atoms with Gasteiger partial charge in [0.25, 0.3) is 5.22 Å². The van der Waals surface area contributed by atoms with Gasteiger partial charge in [-0.25, -0.2) is 14.6 Å². The molecule has 8 heteroatoms. The SMILES string of the molecule is O=C(O)/C(=C/c1ccc(OCc2cccc(C(=O)O)c2)cc1)Sc1nc2ccccc2o1. The van der Waals surface area contributed by atoms with Crippen molar-refractivity contribution in [3.8, 4) is 5.75 Å².